The first kappa shape index (κ1) is 17.1. The van der Waals surface area contributed by atoms with Gasteiger partial charge in [-0.2, -0.15) is 0 Å². The van der Waals surface area contributed by atoms with Gasteiger partial charge in [0.05, 0.1) is 24.0 Å². The summed E-state index contributed by atoms with van der Waals surface area (Å²) in [5.41, 5.74) is 9.84. The quantitative estimate of drug-likeness (QED) is 0.551. The zero-order chi connectivity index (χ0) is 19.3. The van der Waals surface area contributed by atoms with Crippen LogP contribution in [-0.4, -0.2) is 47.9 Å². The van der Waals surface area contributed by atoms with Crippen molar-refractivity contribution in [2.24, 2.45) is 5.73 Å². The summed E-state index contributed by atoms with van der Waals surface area (Å²) in [6, 6.07) is 6.41. The van der Waals surface area contributed by atoms with Crippen LogP contribution in [0.15, 0.2) is 30.6 Å². The zero-order valence-corrected chi connectivity index (χ0v) is 15.5. The fourth-order valence-electron chi connectivity index (χ4n) is 3.76. The SMILES string of the molecule is Cc1nc2ccc(-c3ccn4nc(N[C@H]5C[C@H](N)C5)ncc34)nc2n1CCF. The molecular formula is C19H21FN8. The van der Waals surface area contributed by atoms with Gasteiger partial charge < -0.3 is 15.6 Å². The molecule has 0 radical (unpaired) electrons. The molecule has 1 aliphatic rings. The number of fused-ring (bicyclic) bond motifs is 2. The van der Waals surface area contributed by atoms with E-state index in [2.05, 4.69) is 20.4 Å². The van der Waals surface area contributed by atoms with E-state index in [1.54, 1.807) is 15.3 Å². The van der Waals surface area contributed by atoms with Crippen molar-refractivity contribution >= 4 is 22.6 Å². The molecule has 4 aromatic rings. The van der Waals surface area contributed by atoms with Crippen LogP contribution >= 0.6 is 0 Å². The summed E-state index contributed by atoms with van der Waals surface area (Å²) in [4.78, 5) is 13.7. The van der Waals surface area contributed by atoms with Crippen molar-refractivity contribution in [3.63, 3.8) is 0 Å². The molecule has 1 saturated carbocycles. The van der Waals surface area contributed by atoms with Crippen LogP contribution < -0.4 is 11.1 Å². The van der Waals surface area contributed by atoms with Gasteiger partial charge in [0.25, 0.3) is 0 Å². The maximum Gasteiger partial charge on any atom is 0.241 e. The molecule has 4 heterocycles. The van der Waals surface area contributed by atoms with Crippen molar-refractivity contribution < 1.29 is 4.39 Å². The van der Waals surface area contributed by atoms with Gasteiger partial charge >= 0.3 is 0 Å². The van der Waals surface area contributed by atoms with Crippen molar-refractivity contribution in [1.29, 1.82) is 0 Å². The molecule has 0 spiro atoms. The minimum atomic E-state index is -0.455. The van der Waals surface area contributed by atoms with E-state index < -0.39 is 6.67 Å². The van der Waals surface area contributed by atoms with Crippen LogP contribution in [0.25, 0.3) is 27.9 Å². The minimum Gasteiger partial charge on any atom is -0.350 e. The molecule has 0 atom stereocenters. The van der Waals surface area contributed by atoms with Crippen molar-refractivity contribution in [2.45, 2.75) is 38.4 Å². The molecule has 1 fully saturated rings. The number of hydrogen-bond donors (Lipinski definition) is 2. The smallest absolute Gasteiger partial charge is 0.241 e. The van der Waals surface area contributed by atoms with Gasteiger partial charge in [-0.25, -0.2) is 23.9 Å². The summed E-state index contributed by atoms with van der Waals surface area (Å²) in [5.74, 6) is 1.35. The van der Waals surface area contributed by atoms with E-state index in [0.717, 1.165) is 41.0 Å². The Balaban J connectivity index is 1.51. The van der Waals surface area contributed by atoms with Gasteiger partial charge in [-0.15, -0.1) is 5.10 Å². The third-order valence-electron chi connectivity index (χ3n) is 5.29. The van der Waals surface area contributed by atoms with E-state index in [0.29, 0.717) is 17.6 Å². The number of nitrogens with one attached hydrogen (secondary N) is 1. The van der Waals surface area contributed by atoms with Crippen molar-refractivity contribution in [2.75, 3.05) is 12.0 Å². The number of nitrogens with zero attached hydrogens (tertiary/aromatic N) is 6. The van der Waals surface area contributed by atoms with Crippen LogP contribution in [-0.2, 0) is 6.54 Å². The summed E-state index contributed by atoms with van der Waals surface area (Å²) in [7, 11) is 0. The van der Waals surface area contributed by atoms with Gasteiger partial charge in [-0.05, 0) is 38.0 Å². The Morgan fingerprint density at radius 3 is 2.89 bits per heavy atom. The Labute approximate surface area is 160 Å². The summed E-state index contributed by atoms with van der Waals surface area (Å²) >= 11 is 0. The molecule has 0 aromatic carbocycles. The lowest BCUT2D eigenvalue weighted by Gasteiger charge is -2.32. The minimum absolute atomic E-state index is 0.248. The Morgan fingerprint density at radius 1 is 1.25 bits per heavy atom. The topological polar surface area (TPSA) is 98.9 Å². The standard InChI is InChI=1S/C19H21FN8/c1-11-23-16-3-2-15(25-18(16)27(11)7-5-20)14-4-6-28-17(14)10-22-19(26-28)24-13-8-12(21)9-13/h2-4,6,10,12-13H,5,7-9,21H2,1H3,(H,24,26)/t12-,13-. The lowest BCUT2D eigenvalue weighted by atomic mass is 9.88. The molecule has 0 amide bonds. The van der Waals surface area contributed by atoms with E-state index in [1.165, 1.54) is 0 Å². The number of alkyl halides is 1. The van der Waals surface area contributed by atoms with E-state index in [9.17, 15) is 4.39 Å². The average Bonchev–Trinajstić information content (AvgIpc) is 3.21. The molecule has 5 rings (SSSR count). The van der Waals surface area contributed by atoms with E-state index >= 15 is 0 Å². The summed E-state index contributed by atoms with van der Waals surface area (Å²) < 4.78 is 16.5. The number of rotatable bonds is 5. The summed E-state index contributed by atoms with van der Waals surface area (Å²) in [6.07, 6.45) is 5.56. The first-order valence-corrected chi connectivity index (χ1v) is 9.39. The van der Waals surface area contributed by atoms with Crippen molar-refractivity contribution in [3.05, 3.63) is 36.4 Å². The second-order valence-electron chi connectivity index (χ2n) is 7.25. The first-order valence-electron chi connectivity index (χ1n) is 9.39. The molecule has 28 heavy (non-hydrogen) atoms. The second kappa shape index (κ2) is 6.52. The monoisotopic (exact) mass is 380 g/mol. The molecule has 0 aliphatic heterocycles. The number of pyridine rings is 1. The Morgan fingerprint density at radius 2 is 2.11 bits per heavy atom. The van der Waals surface area contributed by atoms with Crippen LogP contribution in [0.3, 0.4) is 0 Å². The first-order chi connectivity index (χ1) is 13.6. The molecule has 4 aromatic heterocycles. The molecule has 0 saturated heterocycles. The highest BCUT2D eigenvalue weighted by Gasteiger charge is 2.26. The highest BCUT2D eigenvalue weighted by Crippen LogP contribution is 2.27. The number of imidazole rings is 1. The lowest BCUT2D eigenvalue weighted by Crippen LogP contribution is -2.44. The molecule has 8 nitrogen and oxygen atoms in total. The van der Waals surface area contributed by atoms with Gasteiger partial charge in [0.1, 0.15) is 18.0 Å². The van der Waals surface area contributed by atoms with E-state index in [4.69, 9.17) is 10.7 Å². The van der Waals surface area contributed by atoms with Gasteiger partial charge in [-0.1, -0.05) is 0 Å². The van der Waals surface area contributed by atoms with E-state index in [-0.39, 0.29) is 12.6 Å². The number of aryl methyl sites for hydroxylation is 2. The number of nitrogens with two attached hydrogens (primary N) is 1. The summed E-state index contributed by atoms with van der Waals surface area (Å²) in [6.45, 7) is 1.66. The maximum absolute atomic E-state index is 12.9. The molecule has 9 heteroatoms. The van der Waals surface area contributed by atoms with Crippen molar-refractivity contribution in [1.82, 2.24) is 29.1 Å². The third kappa shape index (κ3) is 2.78. The van der Waals surface area contributed by atoms with Gasteiger partial charge in [0, 0.05) is 23.8 Å². The largest absolute Gasteiger partial charge is 0.350 e. The molecule has 3 N–H and O–H groups in total. The Bertz CT molecular complexity index is 1160. The Kier molecular flexibility index (Phi) is 3.97. The normalized spacial score (nSPS) is 19.2. The Hall–Kier alpha value is -3.07. The van der Waals surface area contributed by atoms with Crippen LogP contribution in [0.5, 0.6) is 0 Å². The molecule has 0 bridgehead atoms. The van der Waals surface area contributed by atoms with Crippen molar-refractivity contribution in [3.8, 4) is 11.3 Å². The van der Waals surface area contributed by atoms with Crippen LogP contribution in [0.1, 0.15) is 18.7 Å². The van der Waals surface area contributed by atoms with Gasteiger partial charge in [0.15, 0.2) is 5.65 Å². The zero-order valence-electron chi connectivity index (χ0n) is 15.5. The fraction of sp³-hybridized carbons (Fsp3) is 0.368. The number of anilines is 1. The number of hydrogen-bond acceptors (Lipinski definition) is 6. The maximum atomic E-state index is 12.9. The predicted octanol–water partition coefficient (Wildman–Crippen LogP) is 2.32. The van der Waals surface area contributed by atoms with E-state index in [1.807, 2.05) is 31.3 Å². The highest BCUT2D eigenvalue weighted by molar-refractivity contribution is 5.82. The number of aromatic nitrogens is 6. The fourth-order valence-corrected chi connectivity index (χ4v) is 3.76. The molecule has 0 unspecified atom stereocenters. The third-order valence-corrected chi connectivity index (χ3v) is 5.29. The van der Waals surface area contributed by atoms with Crippen LogP contribution in [0, 0.1) is 6.92 Å². The molecule has 144 valence electrons. The van der Waals surface area contributed by atoms with Gasteiger partial charge in [0.2, 0.25) is 5.95 Å². The predicted molar refractivity (Wildman–Crippen MR) is 105 cm³/mol. The summed E-state index contributed by atoms with van der Waals surface area (Å²) in [5, 5.41) is 7.85. The van der Waals surface area contributed by atoms with Crippen LogP contribution in [0.4, 0.5) is 10.3 Å². The molecule has 1 aliphatic carbocycles. The van der Waals surface area contributed by atoms with Crippen LogP contribution in [0.2, 0.25) is 0 Å². The second-order valence-corrected chi connectivity index (χ2v) is 7.25. The molecular weight excluding hydrogens is 359 g/mol. The van der Waals surface area contributed by atoms with Gasteiger partial charge in [-0.3, -0.25) is 0 Å². The lowest BCUT2D eigenvalue weighted by molar-refractivity contribution is 0.371. The highest BCUT2D eigenvalue weighted by atomic mass is 19.1. The average molecular weight is 380 g/mol. The number of halogens is 1.